The zero-order chi connectivity index (χ0) is 15.2. The second-order valence-corrected chi connectivity index (χ2v) is 4.73. The van der Waals surface area contributed by atoms with Crippen molar-refractivity contribution >= 4 is 35.0 Å². The Morgan fingerprint density at radius 3 is 2.29 bits per heavy atom. The van der Waals surface area contributed by atoms with Gasteiger partial charge in [-0.1, -0.05) is 35.9 Å². The highest BCUT2D eigenvalue weighted by molar-refractivity contribution is 6.33. The molecule has 0 aromatic heterocycles. The highest BCUT2D eigenvalue weighted by atomic mass is 35.5. The van der Waals surface area contributed by atoms with Gasteiger partial charge in [-0.05, 0) is 29.8 Å². The number of hydrogen-bond donors (Lipinski definition) is 3. The molecule has 108 valence electrons. The summed E-state index contributed by atoms with van der Waals surface area (Å²) < 4.78 is 0. The molecule has 0 radical (unpaired) electrons. The molecule has 21 heavy (non-hydrogen) atoms. The fraction of sp³-hybridized carbons (Fsp3) is 0.0667. The van der Waals surface area contributed by atoms with Crippen LogP contribution in [0.2, 0.25) is 5.02 Å². The zero-order valence-electron chi connectivity index (χ0n) is 11.0. The number of para-hydroxylation sites is 1. The second kappa shape index (κ2) is 6.76. The SMILES string of the molecule is O=C(O)Cc1ccc(NC(=O)Nc2ccccc2Cl)cc1. The number of halogens is 1. The quantitative estimate of drug-likeness (QED) is 0.807. The Hall–Kier alpha value is -2.53. The zero-order valence-corrected chi connectivity index (χ0v) is 11.7. The van der Waals surface area contributed by atoms with Crippen LogP contribution < -0.4 is 10.6 Å². The molecule has 0 saturated carbocycles. The number of aliphatic carboxylic acids is 1. The molecule has 0 atom stereocenters. The van der Waals surface area contributed by atoms with Gasteiger partial charge in [-0.3, -0.25) is 4.79 Å². The van der Waals surface area contributed by atoms with E-state index in [4.69, 9.17) is 16.7 Å². The van der Waals surface area contributed by atoms with Crippen LogP contribution in [0.3, 0.4) is 0 Å². The fourth-order valence-electron chi connectivity index (χ4n) is 1.73. The minimum atomic E-state index is -0.896. The number of rotatable bonds is 4. The molecule has 0 aliphatic carbocycles. The van der Waals surface area contributed by atoms with Crippen molar-refractivity contribution < 1.29 is 14.7 Å². The maximum absolute atomic E-state index is 11.8. The van der Waals surface area contributed by atoms with E-state index in [1.54, 1.807) is 48.5 Å². The summed E-state index contributed by atoms with van der Waals surface area (Å²) in [4.78, 5) is 22.4. The molecule has 0 saturated heterocycles. The number of carbonyl (C=O) groups is 2. The summed E-state index contributed by atoms with van der Waals surface area (Å²) in [7, 11) is 0. The number of amides is 2. The lowest BCUT2D eigenvalue weighted by Crippen LogP contribution is -2.19. The van der Waals surface area contributed by atoms with Gasteiger partial charge in [0.1, 0.15) is 0 Å². The van der Waals surface area contributed by atoms with Gasteiger partial charge in [-0.2, -0.15) is 0 Å². The van der Waals surface area contributed by atoms with Gasteiger partial charge < -0.3 is 15.7 Å². The van der Waals surface area contributed by atoms with Crippen LogP contribution in [0.5, 0.6) is 0 Å². The van der Waals surface area contributed by atoms with Crippen molar-refractivity contribution in [1.82, 2.24) is 0 Å². The van der Waals surface area contributed by atoms with Crippen LogP contribution in [0, 0.1) is 0 Å². The van der Waals surface area contributed by atoms with E-state index in [0.29, 0.717) is 22.0 Å². The lowest BCUT2D eigenvalue weighted by Gasteiger charge is -2.09. The summed E-state index contributed by atoms with van der Waals surface area (Å²) in [5.74, 6) is -0.896. The van der Waals surface area contributed by atoms with Gasteiger partial charge in [-0.15, -0.1) is 0 Å². The first kappa shape index (κ1) is 14.9. The van der Waals surface area contributed by atoms with Crippen LogP contribution in [-0.2, 0) is 11.2 Å². The van der Waals surface area contributed by atoms with Crippen LogP contribution in [0.4, 0.5) is 16.2 Å². The van der Waals surface area contributed by atoms with Gasteiger partial charge in [-0.25, -0.2) is 4.79 Å². The summed E-state index contributed by atoms with van der Waals surface area (Å²) in [6, 6.07) is 13.1. The first-order chi connectivity index (χ1) is 10.0. The predicted molar refractivity (Wildman–Crippen MR) is 81.9 cm³/mol. The number of benzene rings is 2. The number of urea groups is 1. The van der Waals surface area contributed by atoms with E-state index in [1.807, 2.05) is 0 Å². The van der Waals surface area contributed by atoms with Gasteiger partial charge >= 0.3 is 12.0 Å². The van der Waals surface area contributed by atoms with E-state index >= 15 is 0 Å². The molecular weight excluding hydrogens is 292 g/mol. The topological polar surface area (TPSA) is 78.4 Å². The van der Waals surface area contributed by atoms with Crippen molar-refractivity contribution in [3.63, 3.8) is 0 Å². The number of nitrogens with one attached hydrogen (secondary N) is 2. The van der Waals surface area contributed by atoms with E-state index in [0.717, 1.165) is 0 Å². The van der Waals surface area contributed by atoms with E-state index in [2.05, 4.69) is 10.6 Å². The van der Waals surface area contributed by atoms with Crippen LogP contribution >= 0.6 is 11.6 Å². The smallest absolute Gasteiger partial charge is 0.323 e. The first-order valence-corrected chi connectivity index (χ1v) is 6.55. The molecule has 6 heteroatoms. The number of carboxylic acids is 1. The summed E-state index contributed by atoms with van der Waals surface area (Å²) >= 11 is 5.94. The molecule has 0 spiro atoms. The number of carboxylic acid groups (broad SMARTS) is 1. The molecule has 2 aromatic rings. The maximum Gasteiger partial charge on any atom is 0.323 e. The third-order valence-electron chi connectivity index (χ3n) is 2.69. The highest BCUT2D eigenvalue weighted by Crippen LogP contribution is 2.20. The molecule has 0 unspecified atom stereocenters. The number of carbonyl (C=O) groups excluding carboxylic acids is 1. The van der Waals surface area contributed by atoms with Gasteiger partial charge in [0, 0.05) is 5.69 Å². The molecule has 0 aliphatic heterocycles. The van der Waals surface area contributed by atoms with Gasteiger partial charge in [0.2, 0.25) is 0 Å². The lowest BCUT2D eigenvalue weighted by atomic mass is 10.1. The monoisotopic (exact) mass is 304 g/mol. The van der Waals surface area contributed by atoms with E-state index in [9.17, 15) is 9.59 Å². The van der Waals surface area contributed by atoms with Crippen molar-refractivity contribution in [1.29, 1.82) is 0 Å². The Morgan fingerprint density at radius 1 is 1.00 bits per heavy atom. The maximum atomic E-state index is 11.8. The van der Waals surface area contributed by atoms with Crippen LogP contribution in [0.25, 0.3) is 0 Å². The second-order valence-electron chi connectivity index (χ2n) is 4.33. The summed E-state index contributed by atoms with van der Waals surface area (Å²) in [6.45, 7) is 0. The largest absolute Gasteiger partial charge is 0.481 e. The average Bonchev–Trinajstić information content (AvgIpc) is 2.43. The van der Waals surface area contributed by atoms with Crippen molar-refractivity contribution in [3.8, 4) is 0 Å². The van der Waals surface area contributed by atoms with Crippen LogP contribution in [-0.4, -0.2) is 17.1 Å². The summed E-state index contributed by atoms with van der Waals surface area (Å²) in [6.07, 6.45) is -0.0495. The predicted octanol–water partition coefficient (Wildman–Crippen LogP) is 3.61. The van der Waals surface area contributed by atoms with Gasteiger partial charge in [0.15, 0.2) is 0 Å². The molecule has 0 bridgehead atoms. The molecule has 0 aliphatic rings. The lowest BCUT2D eigenvalue weighted by molar-refractivity contribution is -0.136. The molecule has 2 rings (SSSR count). The van der Waals surface area contributed by atoms with Gasteiger partial charge in [0.05, 0.1) is 17.1 Å². The van der Waals surface area contributed by atoms with Crippen molar-refractivity contribution in [2.24, 2.45) is 0 Å². The third-order valence-corrected chi connectivity index (χ3v) is 3.02. The molecule has 2 amide bonds. The van der Waals surface area contributed by atoms with Crippen LogP contribution in [0.15, 0.2) is 48.5 Å². The Kier molecular flexibility index (Phi) is 4.79. The van der Waals surface area contributed by atoms with E-state index < -0.39 is 12.0 Å². The summed E-state index contributed by atoms with van der Waals surface area (Å²) in [5, 5.41) is 14.4. The molecule has 0 heterocycles. The van der Waals surface area contributed by atoms with Crippen molar-refractivity contribution in [3.05, 3.63) is 59.1 Å². The number of anilines is 2. The van der Waals surface area contributed by atoms with Crippen molar-refractivity contribution in [2.75, 3.05) is 10.6 Å². The molecule has 5 nitrogen and oxygen atoms in total. The van der Waals surface area contributed by atoms with Crippen LogP contribution in [0.1, 0.15) is 5.56 Å². The minimum absolute atomic E-state index is 0.0495. The Labute approximate surface area is 126 Å². The van der Waals surface area contributed by atoms with E-state index in [1.165, 1.54) is 0 Å². The van der Waals surface area contributed by atoms with E-state index in [-0.39, 0.29) is 6.42 Å². The molecular formula is C15H13ClN2O3. The average molecular weight is 305 g/mol. The molecule has 2 aromatic carbocycles. The summed E-state index contributed by atoms with van der Waals surface area (Å²) in [5.41, 5.74) is 1.74. The fourth-order valence-corrected chi connectivity index (χ4v) is 1.91. The Bertz CT molecular complexity index is 656. The van der Waals surface area contributed by atoms with Crippen molar-refractivity contribution in [2.45, 2.75) is 6.42 Å². The Morgan fingerprint density at radius 2 is 1.67 bits per heavy atom. The third kappa shape index (κ3) is 4.50. The standard InChI is InChI=1S/C15H13ClN2O3/c16-12-3-1-2-4-13(12)18-15(21)17-11-7-5-10(6-8-11)9-14(19)20/h1-8H,9H2,(H,19,20)(H2,17,18,21). The Balaban J connectivity index is 1.96. The highest BCUT2D eigenvalue weighted by Gasteiger charge is 2.06. The molecule has 0 fully saturated rings. The van der Waals surface area contributed by atoms with Gasteiger partial charge in [0.25, 0.3) is 0 Å². The minimum Gasteiger partial charge on any atom is -0.481 e. The normalized spacial score (nSPS) is 9.95. The first-order valence-electron chi connectivity index (χ1n) is 6.18. The number of hydrogen-bond acceptors (Lipinski definition) is 2. The molecule has 3 N–H and O–H groups in total.